The van der Waals surface area contributed by atoms with Crippen molar-refractivity contribution in [1.29, 1.82) is 5.26 Å². The van der Waals surface area contributed by atoms with Crippen molar-refractivity contribution in [3.63, 3.8) is 0 Å². The lowest BCUT2D eigenvalue weighted by atomic mass is 10.1. The van der Waals surface area contributed by atoms with Crippen molar-refractivity contribution in [2.45, 2.75) is 31.1 Å². The first kappa shape index (κ1) is 24.1. The molecule has 2 fully saturated rings. The Kier molecular flexibility index (Phi) is 7.46. The van der Waals surface area contributed by atoms with Crippen LogP contribution in [-0.4, -0.2) is 71.3 Å². The molecule has 0 aliphatic carbocycles. The maximum absolute atomic E-state index is 13.0. The third-order valence-electron chi connectivity index (χ3n) is 6.47. The average molecular weight is 482 g/mol. The van der Waals surface area contributed by atoms with E-state index in [0.717, 1.165) is 31.6 Å². The molecule has 0 unspecified atom stereocenters. The monoisotopic (exact) mass is 481 g/mol. The standard InChI is InChI=1S/C24H31N7O2S/c1-3-30-23(33)21(34-24(30)19(13-25)22(32)28-15-26)14-27-17-5-4-16-6-11-31(20(16)12-17)18-7-9-29(2)10-8-18/h4-6,11-12,18,21,27H,3,7-10,14-15,26H2,1-2H3,(H,28,32)/b24-19-/t21-/m1/s1. The Labute approximate surface area is 203 Å². The predicted molar refractivity (Wildman–Crippen MR) is 135 cm³/mol. The van der Waals surface area contributed by atoms with Crippen molar-refractivity contribution in [3.05, 3.63) is 41.1 Å². The van der Waals surface area contributed by atoms with E-state index in [9.17, 15) is 14.9 Å². The molecule has 10 heteroatoms. The summed E-state index contributed by atoms with van der Waals surface area (Å²) in [6.07, 6.45) is 4.44. The number of carbonyl (C=O) groups excluding carboxylic acids is 2. The molecule has 2 aliphatic heterocycles. The highest BCUT2D eigenvalue weighted by Gasteiger charge is 2.38. The molecule has 0 bridgehead atoms. The Balaban J connectivity index is 1.50. The smallest absolute Gasteiger partial charge is 0.265 e. The van der Waals surface area contributed by atoms with Crippen LogP contribution in [0.4, 0.5) is 5.69 Å². The number of piperidine rings is 1. The molecule has 34 heavy (non-hydrogen) atoms. The van der Waals surface area contributed by atoms with Gasteiger partial charge in [0.15, 0.2) is 0 Å². The van der Waals surface area contributed by atoms with E-state index in [1.165, 1.54) is 27.6 Å². The summed E-state index contributed by atoms with van der Waals surface area (Å²) in [5, 5.41) is 16.5. The third-order valence-corrected chi connectivity index (χ3v) is 7.77. The number of nitrogens with one attached hydrogen (secondary N) is 2. The zero-order chi connectivity index (χ0) is 24.2. The molecule has 3 heterocycles. The highest BCUT2D eigenvalue weighted by Crippen LogP contribution is 2.37. The molecule has 0 radical (unpaired) electrons. The number of rotatable bonds is 7. The molecule has 180 valence electrons. The fraction of sp³-hybridized carbons (Fsp3) is 0.458. The van der Waals surface area contributed by atoms with Gasteiger partial charge in [0.25, 0.3) is 5.91 Å². The fourth-order valence-electron chi connectivity index (χ4n) is 4.58. The number of amides is 2. The van der Waals surface area contributed by atoms with Crippen LogP contribution in [0.25, 0.3) is 10.9 Å². The van der Waals surface area contributed by atoms with E-state index >= 15 is 0 Å². The molecule has 1 aromatic heterocycles. The second-order valence-electron chi connectivity index (χ2n) is 8.60. The molecule has 1 aromatic carbocycles. The first-order chi connectivity index (χ1) is 16.5. The van der Waals surface area contributed by atoms with Crippen molar-refractivity contribution >= 4 is 40.2 Å². The first-order valence-electron chi connectivity index (χ1n) is 11.6. The lowest BCUT2D eigenvalue weighted by molar-refractivity contribution is -0.127. The molecule has 2 aliphatic rings. The molecule has 2 saturated heterocycles. The number of carbonyl (C=O) groups is 2. The van der Waals surface area contributed by atoms with E-state index in [-0.39, 0.29) is 18.1 Å². The fourth-order valence-corrected chi connectivity index (χ4v) is 5.85. The van der Waals surface area contributed by atoms with Crippen molar-refractivity contribution in [2.75, 3.05) is 45.2 Å². The summed E-state index contributed by atoms with van der Waals surface area (Å²) in [7, 11) is 2.17. The second kappa shape index (κ2) is 10.5. The average Bonchev–Trinajstić information content (AvgIpc) is 3.39. The normalized spacial score (nSPS) is 21.1. The van der Waals surface area contributed by atoms with Crippen LogP contribution in [0.2, 0.25) is 0 Å². The zero-order valence-electron chi connectivity index (χ0n) is 19.6. The van der Waals surface area contributed by atoms with Crippen molar-refractivity contribution in [1.82, 2.24) is 19.7 Å². The van der Waals surface area contributed by atoms with Crippen LogP contribution >= 0.6 is 11.8 Å². The van der Waals surface area contributed by atoms with Gasteiger partial charge in [-0.05, 0) is 63.5 Å². The van der Waals surface area contributed by atoms with Crippen molar-refractivity contribution < 1.29 is 9.59 Å². The number of nitriles is 1. The van der Waals surface area contributed by atoms with Gasteiger partial charge in [-0.1, -0.05) is 17.8 Å². The van der Waals surface area contributed by atoms with E-state index in [0.29, 0.717) is 24.2 Å². The van der Waals surface area contributed by atoms with Gasteiger partial charge in [-0.3, -0.25) is 9.59 Å². The highest BCUT2D eigenvalue weighted by atomic mass is 32.2. The van der Waals surface area contributed by atoms with Gasteiger partial charge in [0.05, 0.1) is 12.2 Å². The number of fused-ring (bicyclic) bond motifs is 1. The number of nitrogens with zero attached hydrogens (tertiary/aromatic N) is 4. The van der Waals surface area contributed by atoms with Crippen LogP contribution in [-0.2, 0) is 9.59 Å². The molecule has 4 rings (SSSR count). The van der Waals surface area contributed by atoms with Gasteiger partial charge in [-0.2, -0.15) is 5.26 Å². The second-order valence-corrected chi connectivity index (χ2v) is 9.79. The maximum Gasteiger partial charge on any atom is 0.265 e. The van der Waals surface area contributed by atoms with Gasteiger partial charge >= 0.3 is 0 Å². The minimum absolute atomic E-state index is 0.0746. The van der Waals surface area contributed by atoms with E-state index in [1.54, 1.807) is 0 Å². The van der Waals surface area contributed by atoms with Crippen molar-refractivity contribution in [3.8, 4) is 6.07 Å². The van der Waals surface area contributed by atoms with Gasteiger partial charge in [-0.25, -0.2) is 0 Å². The van der Waals surface area contributed by atoms with Gasteiger partial charge in [0.1, 0.15) is 21.9 Å². The zero-order valence-corrected chi connectivity index (χ0v) is 20.4. The minimum Gasteiger partial charge on any atom is -0.383 e. The molecule has 0 saturated carbocycles. The summed E-state index contributed by atoms with van der Waals surface area (Å²) < 4.78 is 2.37. The Hall–Kier alpha value is -3.00. The summed E-state index contributed by atoms with van der Waals surface area (Å²) in [6, 6.07) is 10.8. The lowest BCUT2D eigenvalue weighted by Gasteiger charge is -2.30. The van der Waals surface area contributed by atoms with E-state index in [1.807, 2.05) is 19.1 Å². The highest BCUT2D eigenvalue weighted by molar-refractivity contribution is 8.04. The van der Waals surface area contributed by atoms with Gasteiger partial charge in [0.2, 0.25) is 5.91 Å². The van der Waals surface area contributed by atoms with E-state index in [4.69, 9.17) is 5.73 Å². The first-order valence-corrected chi connectivity index (χ1v) is 12.5. The summed E-state index contributed by atoms with van der Waals surface area (Å²) in [5.41, 5.74) is 7.43. The number of nitrogens with two attached hydrogens (primary N) is 1. The summed E-state index contributed by atoms with van der Waals surface area (Å²) in [6.45, 7) is 4.72. The summed E-state index contributed by atoms with van der Waals surface area (Å²) in [4.78, 5) is 29.1. The molecular weight excluding hydrogens is 450 g/mol. The number of benzene rings is 1. The van der Waals surface area contributed by atoms with Crippen LogP contribution in [0.15, 0.2) is 41.1 Å². The van der Waals surface area contributed by atoms with E-state index < -0.39 is 11.2 Å². The Morgan fingerprint density at radius 3 is 2.74 bits per heavy atom. The van der Waals surface area contributed by atoms with Crippen molar-refractivity contribution in [2.24, 2.45) is 5.73 Å². The van der Waals surface area contributed by atoms with Gasteiger partial charge in [-0.15, -0.1) is 0 Å². The van der Waals surface area contributed by atoms with Gasteiger partial charge < -0.3 is 30.7 Å². The lowest BCUT2D eigenvalue weighted by Crippen LogP contribution is -2.34. The molecule has 9 nitrogen and oxygen atoms in total. The molecule has 2 amide bonds. The molecule has 0 spiro atoms. The minimum atomic E-state index is -0.563. The Bertz CT molecular complexity index is 1140. The molecular formula is C24H31N7O2S. The SMILES string of the molecule is CCN1C(=O)[C@@H](CNc2ccc3ccn(C4CCN(C)CC4)c3c2)S/C1=C(/C#N)C(=O)NCN. The number of hydrogen-bond acceptors (Lipinski definition) is 7. The number of thioether (sulfide) groups is 1. The Morgan fingerprint density at radius 2 is 2.06 bits per heavy atom. The van der Waals surface area contributed by atoms with Crippen LogP contribution in [0.5, 0.6) is 0 Å². The number of anilines is 1. The van der Waals surface area contributed by atoms with E-state index in [2.05, 4.69) is 51.5 Å². The van der Waals surface area contributed by atoms with Gasteiger partial charge in [0, 0.05) is 31.0 Å². The topological polar surface area (TPSA) is 119 Å². The number of aromatic nitrogens is 1. The third kappa shape index (κ3) is 4.78. The quantitative estimate of drug-likeness (QED) is 0.315. The van der Waals surface area contributed by atoms with Crippen LogP contribution in [0, 0.1) is 11.3 Å². The van der Waals surface area contributed by atoms with Crippen LogP contribution in [0.1, 0.15) is 25.8 Å². The maximum atomic E-state index is 13.0. The largest absolute Gasteiger partial charge is 0.383 e. The number of hydrogen-bond donors (Lipinski definition) is 3. The van der Waals surface area contributed by atoms with Crippen LogP contribution < -0.4 is 16.4 Å². The van der Waals surface area contributed by atoms with Crippen LogP contribution in [0.3, 0.4) is 0 Å². The Morgan fingerprint density at radius 1 is 1.29 bits per heavy atom. The molecule has 2 aromatic rings. The number of likely N-dealkylation sites (tertiary alicyclic amines) is 1. The summed E-state index contributed by atoms with van der Waals surface area (Å²) >= 11 is 1.25. The molecule has 1 atom stereocenters. The predicted octanol–water partition coefficient (Wildman–Crippen LogP) is 2.05. The summed E-state index contributed by atoms with van der Waals surface area (Å²) in [5.74, 6) is -0.674. The molecule has 4 N–H and O–H groups in total.